The van der Waals surface area contributed by atoms with Crippen molar-refractivity contribution in [1.82, 2.24) is 4.98 Å². The van der Waals surface area contributed by atoms with Crippen LogP contribution in [0.4, 0.5) is 0 Å². The topological polar surface area (TPSA) is 57.7 Å². The fourth-order valence-electron chi connectivity index (χ4n) is 1.79. The highest BCUT2D eigenvalue weighted by molar-refractivity contribution is 5.72. The van der Waals surface area contributed by atoms with Crippen LogP contribution in [-0.4, -0.2) is 25.2 Å². The molecule has 0 amide bonds. The van der Waals surface area contributed by atoms with Gasteiger partial charge < -0.3 is 14.2 Å². The fraction of sp³-hybridized carbons (Fsp3) is 0.250. The summed E-state index contributed by atoms with van der Waals surface area (Å²) in [4.78, 5) is 15.5. The first-order chi connectivity index (χ1) is 10.2. The van der Waals surface area contributed by atoms with E-state index in [4.69, 9.17) is 9.47 Å². The highest BCUT2D eigenvalue weighted by Crippen LogP contribution is 2.23. The van der Waals surface area contributed by atoms with Gasteiger partial charge in [0.15, 0.2) is 0 Å². The minimum Gasteiger partial charge on any atom is -0.495 e. The lowest BCUT2D eigenvalue weighted by Gasteiger charge is -2.10. The third-order valence-corrected chi connectivity index (χ3v) is 2.91. The summed E-state index contributed by atoms with van der Waals surface area (Å²) in [6.07, 6.45) is 1.64. The number of carbonyl (C=O) groups is 1. The van der Waals surface area contributed by atoms with E-state index in [1.807, 2.05) is 30.3 Å². The number of nitrogens with zero attached hydrogens (tertiary/aromatic N) is 1. The predicted octanol–water partition coefficient (Wildman–Crippen LogP) is 2.38. The number of esters is 1. The summed E-state index contributed by atoms with van der Waals surface area (Å²) in [6.45, 7) is 0.446. The summed E-state index contributed by atoms with van der Waals surface area (Å²) in [7, 11) is 2.87. The van der Waals surface area contributed by atoms with E-state index < -0.39 is 0 Å². The number of methoxy groups -OCH3 is 2. The molecule has 5 nitrogen and oxygen atoms in total. The van der Waals surface area contributed by atoms with Crippen LogP contribution in [0.25, 0.3) is 0 Å². The maximum Gasteiger partial charge on any atom is 0.311 e. The first-order valence-electron chi connectivity index (χ1n) is 6.49. The van der Waals surface area contributed by atoms with Gasteiger partial charge in [-0.2, -0.15) is 0 Å². The molecule has 21 heavy (non-hydrogen) atoms. The number of ether oxygens (including phenoxy) is 3. The Morgan fingerprint density at radius 1 is 1.19 bits per heavy atom. The summed E-state index contributed by atoms with van der Waals surface area (Å²) < 4.78 is 15.5. The van der Waals surface area contributed by atoms with E-state index in [1.54, 1.807) is 12.3 Å². The second-order valence-corrected chi connectivity index (χ2v) is 4.35. The van der Waals surface area contributed by atoms with Crippen molar-refractivity contribution in [2.24, 2.45) is 0 Å². The number of pyridine rings is 1. The quantitative estimate of drug-likeness (QED) is 0.763. The Kier molecular flexibility index (Phi) is 5.15. The largest absolute Gasteiger partial charge is 0.495 e. The van der Waals surface area contributed by atoms with Crippen LogP contribution in [0, 0.1) is 0 Å². The monoisotopic (exact) mass is 287 g/mol. The van der Waals surface area contributed by atoms with Gasteiger partial charge >= 0.3 is 5.97 Å². The lowest BCUT2D eigenvalue weighted by atomic mass is 10.2. The van der Waals surface area contributed by atoms with E-state index in [-0.39, 0.29) is 12.4 Å². The molecule has 0 aliphatic rings. The molecule has 0 aliphatic carbocycles. The van der Waals surface area contributed by atoms with E-state index in [0.29, 0.717) is 23.8 Å². The van der Waals surface area contributed by atoms with Crippen molar-refractivity contribution < 1.29 is 19.0 Å². The SMILES string of the molecule is COC(=O)Cc1ncc(OCc2ccccc2)cc1OC. The molecule has 5 heteroatoms. The Labute approximate surface area is 123 Å². The molecule has 0 fully saturated rings. The van der Waals surface area contributed by atoms with Crippen LogP contribution in [0.2, 0.25) is 0 Å². The van der Waals surface area contributed by atoms with Crippen LogP contribution in [0.15, 0.2) is 42.6 Å². The van der Waals surface area contributed by atoms with Crippen LogP contribution in [0.1, 0.15) is 11.3 Å². The standard InChI is InChI=1S/C16H17NO4/c1-19-15-8-13(10-17-14(15)9-16(18)20-2)21-11-12-6-4-3-5-7-12/h3-8,10H,9,11H2,1-2H3. The summed E-state index contributed by atoms with van der Waals surface area (Å²) >= 11 is 0. The Balaban J connectivity index is 2.06. The molecule has 1 aromatic carbocycles. The predicted molar refractivity (Wildman–Crippen MR) is 77.3 cm³/mol. The van der Waals surface area contributed by atoms with Gasteiger partial charge in [0.2, 0.25) is 0 Å². The fourth-order valence-corrected chi connectivity index (χ4v) is 1.79. The molecule has 0 atom stereocenters. The average Bonchev–Trinajstić information content (AvgIpc) is 2.54. The third kappa shape index (κ3) is 4.21. The molecule has 2 aromatic rings. The van der Waals surface area contributed by atoms with Gasteiger partial charge in [-0.25, -0.2) is 0 Å². The van der Waals surface area contributed by atoms with Crippen molar-refractivity contribution >= 4 is 5.97 Å². The normalized spacial score (nSPS) is 10.0. The number of carbonyl (C=O) groups excluding carboxylic acids is 1. The number of hydrogen-bond donors (Lipinski definition) is 0. The molecular weight excluding hydrogens is 270 g/mol. The molecule has 0 radical (unpaired) electrons. The minimum absolute atomic E-state index is 0.0681. The first kappa shape index (κ1) is 14.8. The van der Waals surface area contributed by atoms with Crippen LogP contribution in [0.5, 0.6) is 11.5 Å². The van der Waals surface area contributed by atoms with E-state index >= 15 is 0 Å². The molecule has 0 spiro atoms. The molecule has 110 valence electrons. The van der Waals surface area contributed by atoms with E-state index in [0.717, 1.165) is 5.56 Å². The maximum absolute atomic E-state index is 11.3. The van der Waals surface area contributed by atoms with Gasteiger partial charge in [0, 0.05) is 6.07 Å². The highest BCUT2D eigenvalue weighted by atomic mass is 16.5. The molecule has 2 rings (SSSR count). The molecule has 0 saturated heterocycles. The zero-order valence-corrected chi connectivity index (χ0v) is 12.0. The number of rotatable bonds is 6. The Morgan fingerprint density at radius 2 is 1.95 bits per heavy atom. The summed E-state index contributed by atoms with van der Waals surface area (Å²) in [5, 5.41) is 0. The molecule has 0 unspecified atom stereocenters. The number of aromatic nitrogens is 1. The zero-order valence-electron chi connectivity index (χ0n) is 12.0. The third-order valence-electron chi connectivity index (χ3n) is 2.91. The molecule has 0 saturated carbocycles. The van der Waals surface area contributed by atoms with Crippen molar-refractivity contribution in [3.05, 3.63) is 53.9 Å². The lowest BCUT2D eigenvalue weighted by Crippen LogP contribution is -2.08. The van der Waals surface area contributed by atoms with Gasteiger partial charge in [0.25, 0.3) is 0 Å². The van der Waals surface area contributed by atoms with Gasteiger partial charge in [0.1, 0.15) is 18.1 Å². The first-order valence-corrected chi connectivity index (χ1v) is 6.49. The van der Waals surface area contributed by atoms with E-state index in [2.05, 4.69) is 9.72 Å². The van der Waals surface area contributed by atoms with Gasteiger partial charge in [-0.05, 0) is 5.56 Å². The van der Waals surface area contributed by atoms with Gasteiger partial charge in [0.05, 0.1) is 32.5 Å². The molecule has 0 N–H and O–H groups in total. The second kappa shape index (κ2) is 7.28. The summed E-state index contributed by atoms with van der Waals surface area (Å²) in [5.74, 6) is 0.731. The van der Waals surface area contributed by atoms with Crippen molar-refractivity contribution in [1.29, 1.82) is 0 Å². The highest BCUT2D eigenvalue weighted by Gasteiger charge is 2.12. The molecule has 0 aliphatic heterocycles. The van der Waals surface area contributed by atoms with E-state index in [1.165, 1.54) is 14.2 Å². The average molecular weight is 287 g/mol. The van der Waals surface area contributed by atoms with E-state index in [9.17, 15) is 4.79 Å². The van der Waals surface area contributed by atoms with Crippen LogP contribution in [-0.2, 0) is 22.6 Å². The van der Waals surface area contributed by atoms with Crippen LogP contribution >= 0.6 is 0 Å². The van der Waals surface area contributed by atoms with Crippen LogP contribution < -0.4 is 9.47 Å². The maximum atomic E-state index is 11.3. The zero-order chi connectivity index (χ0) is 15.1. The molecule has 0 bridgehead atoms. The second-order valence-electron chi connectivity index (χ2n) is 4.35. The van der Waals surface area contributed by atoms with Crippen LogP contribution in [0.3, 0.4) is 0 Å². The van der Waals surface area contributed by atoms with Crippen molar-refractivity contribution in [3.8, 4) is 11.5 Å². The Morgan fingerprint density at radius 3 is 2.62 bits per heavy atom. The van der Waals surface area contributed by atoms with Gasteiger partial charge in [-0.3, -0.25) is 9.78 Å². The van der Waals surface area contributed by atoms with Gasteiger partial charge in [-0.1, -0.05) is 30.3 Å². The number of benzene rings is 1. The van der Waals surface area contributed by atoms with Crippen molar-refractivity contribution in [3.63, 3.8) is 0 Å². The Hall–Kier alpha value is -2.56. The molecule has 1 heterocycles. The minimum atomic E-state index is -0.362. The number of hydrogen-bond acceptors (Lipinski definition) is 5. The Bertz CT molecular complexity index is 598. The summed E-state index contributed by atoms with van der Waals surface area (Å²) in [5.41, 5.74) is 1.59. The summed E-state index contributed by atoms with van der Waals surface area (Å²) in [6, 6.07) is 11.5. The lowest BCUT2D eigenvalue weighted by molar-refractivity contribution is -0.139. The van der Waals surface area contributed by atoms with Crippen molar-refractivity contribution in [2.45, 2.75) is 13.0 Å². The van der Waals surface area contributed by atoms with Gasteiger partial charge in [-0.15, -0.1) is 0 Å². The molecule has 1 aromatic heterocycles. The smallest absolute Gasteiger partial charge is 0.311 e. The molecular formula is C16H17NO4. The van der Waals surface area contributed by atoms with Crippen molar-refractivity contribution in [2.75, 3.05) is 14.2 Å².